The lowest BCUT2D eigenvalue weighted by atomic mass is 10.0. The number of nitrogens with two attached hydrogens (primary N) is 1. The Kier molecular flexibility index (Phi) is 3.17. The van der Waals surface area contributed by atoms with Crippen LogP contribution in [0, 0.1) is 0 Å². The Morgan fingerprint density at radius 2 is 1.83 bits per heavy atom. The fourth-order valence-corrected chi connectivity index (χ4v) is 1.86. The van der Waals surface area contributed by atoms with Gasteiger partial charge in [-0.2, -0.15) is 13.2 Å². The number of rotatable bonds is 1. The van der Waals surface area contributed by atoms with E-state index in [-0.39, 0.29) is 16.3 Å². The maximum Gasteiger partial charge on any atom is 0.417 e. The molecule has 0 unspecified atom stereocenters. The van der Waals surface area contributed by atoms with E-state index >= 15 is 0 Å². The van der Waals surface area contributed by atoms with Gasteiger partial charge in [0, 0.05) is 5.56 Å². The molecule has 0 aliphatic rings. The number of alkyl halides is 3. The van der Waals surface area contributed by atoms with Crippen LogP contribution in [0.2, 0.25) is 5.02 Å². The first-order valence-electron chi connectivity index (χ1n) is 4.97. The molecule has 2 nitrogen and oxygen atoms in total. The zero-order valence-corrected chi connectivity index (χ0v) is 9.76. The van der Waals surface area contributed by atoms with Gasteiger partial charge in [0.25, 0.3) is 0 Å². The molecule has 94 valence electrons. The molecule has 0 bridgehead atoms. The number of benzene rings is 1. The number of halogens is 4. The standard InChI is InChI=1S/C12H8ClF3N2/c13-10-5-7(17)6-18-11(10)8-3-1-2-4-9(8)12(14,15)16/h1-6H,17H2. The summed E-state index contributed by atoms with van der Waals surface area (Å²) in [5.41, 5.74) is 4.99. The Labute approximate surface area is 106 Å². The molecular weight excluding hydrogens is 265 g/mol. The first kappa shape index (κ1) is 12.7. The summed E-state index contributed by atoms with van der Waals surface area (Å²) in [7, 11) is 0. The van der Waals surface area contributed by atoms with Crippen molar-refractivity contribution in [2.24, 2.45) is 0 Å². The van der Waals surface area contributed by atoms with E-state index < -0.39 is 11.7 Å². The summed E-state index contributed by atoms with van der Waals surface area (Å²) in [6.45, 7) is 0. The predicted octanol–water partition coefficient (Wildman–Crippen LogP) is 4.00. The second-order valence-electron chi connectivity index (χ2n) is 3.64. The minimum Gasteiger partial charge on any atom is -0.397 e. The average Bonchev–Trinajstić information content (AvgIpc) is 2.28. The second-order valence-corrected chi connectivity index (χ2v) is 4.05. The largest absolute Gasteiger partial charge is 0.417 e. The van der Waals surface area contributed by atoms with Crippen LogP contribution < -0.4 is 5.73 Å². The maximum absolute atomic E-state index is 12.8. The Balaban J connectivity index is 2.64. The maximum atomic E-state index is 12.8. The summed E-state index contributed by atoms with van der Waals surface area (Å²) in [5, 5.41) is 0.0895. The van der Waals surface area contributed by atoms with Crippen molar-refractivity contribution in [3.8, 4) is 11.3 Å². The molecule has 0 amide bonds. The zero-order valence-electron chi connectivity index (χ0n) is 9.00. The van der Waals surface area contributed by atoms with E-state index in [4.69, 9.17) is 17.3 Å². The highest BCUT2D eigenvalue weighted by Crippen LogP contribution is 2.38. The third-order valence-corrected chi connectivity index (χ3v) is 2.64. The lowest BCUT2D eigenvalue weighted by molar-refractivity contribution is -0.137. The molecule has 1 aromatic heterocycles. The van der Waals surface area contributed by atoms with E-state index in [2.05, 4.69) is 4.98 Å². The number of hydrogen-bond donors (Lipinski definition) is 1. The first-order chi connectivity index (χ1) is 8.39. The summed E-state index contributed by atoms with van der Waals surface area (Å²) >= 11 is 5.88. The lowest BCUT2D eigenvalue weighted by Crippen LogP contribution is -2.07. The van der Waals surface area contributed by atoms with Gasteiger partial charge in [0.05, 0.1) is 28.2 Å². The molecule has 0 fully saturated rings. The van der Waals surface area contributed by atoms with Gasteiger partial charge in [-0.3, -0.25) is 4.98 Å². The van der Waals surface area contributed by atoms with Crippen LogP contribution in [0.3, 0.4) is 0 Å². The van der Waals surface area contributed by atoms with Gasteiger partial charge >= 0.3 is 6.18 Å². The van der Waals surface area contributed by atoms with Crippen LogP contribution in [0.1, 0.15) is 5.56 Å². The predicted molar refractivity (Wildman–Crippen MR) is 64.1 cm³/mol. The number of hydrogen-bond acceptors (Lipinski definition) is 2. The van der Waals surface area contributed by atoms with Gasteiger partial charge in [-0.05, 0) is 12.1 Å². The Hall–Kier alpha value is -1.75. The summed E-state index contributed by atoms with van der Waals surface area (Å²) in [5.74, 6) is 0. The molecule has 0 aliphatic carbocycles. The molecule has 0 saturated heterocycles. The van der Waals surface area contributed by atoms with Crippen molar-refractivity contribution < 1.29 is 13.2 Å². The molecule has 2 aromatic rings. The van der Waals surface area contributed by atoms with Crippen molar-refractivity contribution >= 4 is 17.3 Å². The van der Waals surface area contributed by atoms with Crippen LogP contribution in [-0.4, -0.2) is 4.98 Å². The van der Waals surface area contributed by atoms with E-state index in [9.17, 15) is 13.2 Å². The summed E-state index contributed by atoms with van der Waals surface area (Å²) < 4.78 is 38.5. The minimum atomic E-state index is -4.46. The van der Waals surface area contributed by atoms with Gasteiger partial charge in [-0.25, -0.2) is 0 Å². The molecule has 0 aliphatic heterocycles. The van der Waals surface area contributed by atoms with Gasteiger partial charge in [0.15, 0.2) is 0 Å². The minimum absolute atomic E-state index is 0.0602. The van der Waals surface area contributed by atoms with Gasteiger partial charge in [0.1, 0.15) is 0 Å². The topological polar surface area (TPSA) is 38.9 Å². The summed E-state index contributed by atoms with van der Waals surface area (Å²) in [6.07, 6.45) is -3.18. The monoisotopic (exact) mass is 272 g/mol. The smallest absolute Gasteiger partial charge is 0.397 e. The number of nitrogen functional groups attached to an aromatic ring is 1. The zero-order chi connectivity index (χ0) is 13.3. The molecule has 1 aromatic carbocycles. The molecule has 0 saturated carbocycles. The summed E-state index contributed by atoms with van der Waals surface area (Å²) in [4.78, 5) is 3.87. The van der Waals surface area contributed by atoms with Gasteiger partial charge in [-0.15, -0.1) is 0 Å². The van der Waals surface area contributed by atoms with Crippen molar-refractivity contribution in [1.82, 2.24) is 4.98 Å². The third kappa shape index (κ3) is 2.41. The Morgan fingerprint density at radius 1 is 1.17 bits per heavy atom. The van der Waals surface area contributed by atoms with Crippen LogP contribution in [0.15, 0.2) is 36.5 Å². The van der Waals surface area contributed by atoms with Crippen molar-refractivity contribution in [3.63, 3.8) is 0 Å². The normalized spacial score (nSPS) is 11.6. The van der Waals surface area contributed by atoms with Crippen molar-refractivity contribution in [2.75, 3.05) is 5.73 Å². The molecule has 2 rings (SSSR count). The van der Waals surface area contributed by atoms with Gasteiger partial charge < -0.3 is 5.73 Å². The molecule has 0 radical (unpaired) electrons. The van der Waals surface area contributed by atoms with E-state index in [1.54, 1.807) is 0 Å². The van der Waals surface area contributed by atoms with Gasteiger partial charge in [0.2, 0.25) is 0 Å². The van der Waals surface area contributed by atoms with Crippen molar-refractivity contribution in [2.45, 2.75) is 6.18 Å². The number of pyridine rings is 1. The lowest BCUT2D eigenvalue weighted by Gasteiger charge is -2.13. The van der Waals surface area contributed by atoms with E-state index in [1.165, 1.54) is 30.5 Å². The molecule has 0 spiro atoms. The SMILES string of the molecule is Nc1cnc(-c2ccccc2C(F)(F)F)c(Cl)c1. The first-order valence-corrected chi connectivity index (χ1v) is 5.35. The molecule has 0 atom stereocenters. The Morgan fingerprint density at radius 3 is 2.44 bits per heavy atom. The number of aromatic nitrogens is 1. The van der Waals surface area contributed by atoms with E-state index in [0.717, 1.165) is 6.07 Å². The molecule has 6 heteroatoms. The fourth-order valence-electron chi connectivity index (χ4n) is 1.59. The van der Waals surface area contributed by atoms with Crippen LogP contribution in [0.25, 0.3) is 11.3 Å². The van der Waals surface area contributed by atoms with Gasteiger partial charge in [-0.1, -0.05) is 29.8 Å². The average molecular weight is 273 g/mol. The van der Waals surface area contributed by atoms with Crippen LogP contribution in [0.4, 0.5) is 18.9 Å². The van der Waals surface area contributed by atoms with Crippen LogP contribution >= 0.6 is 11.6 Å². The van der Waals surface area contributed by atoms with Crippen molar-refractivity contribution in [3.05, 3.63) is 47.1 Å². The number of nitrogens with zero attached hydrogens (tertiary/aromatic N) is 1. The molecular formula is C12H8ClF3N2. The molecule has 2 N–H and O–H groups in total. The number of anilines is 1. The highest BCUT2D eigenvalue weighted by atomic mass is 35.5. The van der Waals surface area contributed by atoms with E-state index in [1.807, 2.05) is 0 Å². The molecule has 1 heterocycles. The third-order valence-electron chi connectivity index (χ3n) is 2.35. The highest BCUT2D eigenvalue weighted by Gasteiger charge is 2.34. The highest BCUT2D eigenvalue weighted by molar-refractivity contribution is 6.33. The fraction of sp³-hybridized carbons (Fsp3) is 0.0833. The molecule has 18 heavy (non-hydrogen) atoms. The van der Waals surface area contributed by atoms with Crippen LogP contribution in [0.5, 0.6) is 0 Å². The quantitative estimate of drug-likeness (QED) is 0.852. The second kappa shape index (κ2) is 4.49. The Bertz CT molecular complexity index is 582. The van der Waals surface area contributed by atoms with Crippen LogP contribution in [-0.2, 0) is 6.18 Å². The van der Waals surface area contributed by atoms with Crippen molar-refractivity contribution in [1.29, 1.82) is 0 Å². The van der Waals surface area contributed by atoms with E-state index in [0.29, 0.717) is 5.69 Å². The summed E-state index contributed by atoms with van der Waals surface area (Å²) in [6, 6.07) is 6.50.